The Kier molecular flexibility index (Phi) is 8.09. The van der Waals surface area contributed by atoms with Gasteiger partial charge in [-0.25, -0.2) is 4.79 Å². The molecule has 0 radical (unpaired) electrons. The van der Waals surface area contributed by atoms with E-state index < -0.39 is 5.97 Å². The third-order valence-corrected chi connectivity index (χ3v) is 5.69. The molecule has 160 valence electrons. The number of esters is 1. The number of carbonyl (C=O) groups excluding carboxylic acids is 1. The van der Waals surface area contributed by atoms with Gasteiger partial charge in [-0.2, -0.15) is 0 Å². The van der Waals surface area contributed by atoms with E-state index in [9.17, 15) is 9.90 Å². The summed E-state index contributed by atoms with van der Waals surface area (Å²) >= 11 is 0. The first-order valence-electron chi connectivity index (χ1n) is 10.9. The van der Waals surface area contributed by atoms with Crippen molar-refractivity contribution in [2.24, 2.45) is 0 Å². The number of carbonyl (C=O) groups is 1. The van der Waals surface area contributed by atoms with Crippen molar-refractivity contribution in [2.45, 2.75) is 51.4 Å². The van der Waals surface area contributed by atoms with Crippen LogP contribution in [0.5, 0.6) is 5.75 Å². The van der Waals surface area contributed by atoms with Crippen LogP contribution in [0.4, 0.5) is 0 Å². The van der Waals surface area contributed by atoms with E-state index in [-0.39, 0.29) is 19.8 Å². The first-order valence-corrected chi connectivity index (χ1v) is 10.9. The fourth-order valence-electron chi connectivity index (χ4n) is 3.99. The van der Waals surface area contributed by atoms with Crippen LogP contribution in [0.1, 0.15) is 56.1 Å². The van der Waals surface area contributed by atoms with Crippen LogP contribution in [0.15, 0.2) is 54.6 Å². The summed E-state index contributed by atoms with van der Waals surface area (Å²) in [6.45, 7) is 5.65. The molecule has 0 spiro atoms. The van der Waals surface area contributed by atoms with Crippen molar-refractivity contribution in [3.8, 4) is 16.9 Å². The van der Waals surface area contributed by atoms with E-state index in [0.29, 0.717) is 23.7 Å². The van der Waals surface area contributed by atoms with Gasteiger partial charge in [-0.05, 0) is 60.4 Å². The summed E-state index contributed by atoms with van der Waals surface area (Å²) in [5.41, 5.74) is 4.96. The molecule has 1 aliphatic carbocycles. The quantitative estimate of drug-likeness (QED) is 0.341. The SMILES string of the molecule is C=C(C)C(=O)OCCOc1cc(-c2ccc(C3CCCCC3)cc2)ccc1CCO. The van der Waals surface area contributed by atoms with Crippen LogP contribution in [-0.2, 0) is 16.0 Å². The van der Waals surface area contributed by atoms with Crippen molar-refractivity contribution < 1.29 is 19.4 Å². The van der Waals surface area contributed by atoms with Gasteiger partial charge in [-0.1, -0.05) is 62.2 Å². The van der Waals surface area contributed by atoms with Gasteiger partial charge in [-0.15, -0.1) is 0 Å². The molecular weight excluding hydrogens is 376 g/mol. The highest BCUT2D eigenvalue weighted by Gasteiger charge is 2.15. The van der Waals surface area contributed by atoms with Crippen LogP contribution in [-0.4, -0.2) is 30.9 Å². The minimum Gasteiger partial charge on any atom is -0.490 e. The normalized spacial score (nSPS) is 14.3. The van der Waals surface area contributed by atoms with E-state index in [1.807, 2.05) is 12.1 Å². The van der Waals surface area contributed by atoms with Gasteiger partial charge < -0.3 is 14.6 Å². The van der Waals surface area contributed by atoms with Crippen molar-refractivity contribution in [3.05, 3.63) is 65.7 Å². The summed E-state index contributed by atoms with van der Waals surface area (Å²) < 4.78 is 11.0. The molecule has 0 aliphatic heterocycles. The number of aliphatic hydroxyl groups excluding tert-OH is 1. The van der Waals surface area contributed by atoms with Crippen molar-refractivity contribution in [1.29, 1.82) is 0 Å². The standard InChI is InChI=1S/C26H32O4/c1-19(2)26(28)30-17-16-29-25-18-24(13-12-23(25)14-15-27)22-10-8-21(9-11-22)20-6-4-3-5-7-20/h8-13,18,20,27H,1,3-7,14-17H2,2H3. The molecule has 0 bridgehead atoms. The van der Waals surface area contributed by atoms with Gasteiger partial charge in [0.05, 0.1) is 0 Å². The average Bonchev–Trinajstić information content (AvgIpc) is 2.78. The highest BCUT2D eigenvalue weighted by Crippen LogP contribution is 2.34. The molecule has 0 amide bonds. The van der Waals surface area contributed by atoms with Gasteiger partial charge in [-0.3, -0.25) is 0 Å². The lowest BCUT2D eigenvalue weighted by molar-refractivity contribution is -0.139. The summed E-state index contributed by atoms with van der Waals surface area (Å²) in [5.74, 6) is 0.991. The maximum atomic E-state index is 11.5. The van der Waals surface area contributed by atoms with Crippen molar-refractivity contribution in [1.82, 2.24) is 0 Å². The fourth-order valence-corrected chi connectivity index (χ4v) is 3.99. The first kappa shape index (κ1) is 22.1. The van der Waals surface area contributed by atoms with Crippen molar-refractivity contribution in [3.63, 3.8) is 0 Å². The van der Waals surface area contributed by atoms with Gasteiger partial charge >= 0.3 is 5.97 Å². The molecule has 0 unspecified atom stereocenters. The van der Waals surface area contributed by atoms with Gasteiger partial charge in [0.2, 0.25) is 0 Å². The molecule has 4 heteroatoms. The van der Waals surface area contributed by atoms with Gasteiger partial charge in [0, 0.05) is 12.2 Å². The van der Waals surface area contributed by atoms with Crippen LogP contribution in [0.3, 0.4) is 0 Å². The highest BCUT2D eigenvalue weighted by atomic mass is 16.6. The van der Waals surface area contributed by atoms with Gasteiger partial charge in [0.15, 0.2) is 0 Å². The van der Waals surface area contributed by atoms with E-state index in [2.05, 4.69) is 36.9 Å². The topological polar surface area (TPSA) is 55.8 Å². The second-order valence-electron chi connectivity index (χ2n) is 8.02. The Balaban J connectivity index is 1.69. The zero-order valence-electron chi connectivity index (χ0n) is 17.9. The molecule has 1 fully saturated rings. The van der Waals surface area contributed by atoms with E-state index in [4.69, 9.17) is 9.47 Å². The molecule has 3 rings (SSSR count). The molecule has 0 atom stereocenters. The van der Waals surface area contributed by atoms with E-state index in [0.717, 1.165) is 16.7 Å². The number of benzene rings is 2. The predicted molar refractivity (Wildman–Crippen MR) is 120 cm³/mol. The smallest absolute Gasteiger partial charge is 0.333 e. The lowest BCUT2D eigenvalue weighted by Crippen LogP contribution is -2.13. The average molecular weight is 409 g/mol. The third-order valence-electron chi connectivity index (χ3n) is 5.69. The molecule has 1 aliphatic rings. The highest BCUT2D eigenvalue weighted by molar-refractivity contribution is 5.86. The summed E-state index contributed by atoms with van der Waals surface area (Å²) in [5, 5.41) is 9.36. The van der Waals surface area contributed by atoms with Crippen LogP contribution in [0.25, 0.3) is 11.1 Å². The van der Waals surface area contributed by atoms with Gasteiger partial charge in [0.1, 0.15) is 19.0 Å². The maximum Gasteiger partial charge on any atom is 0.333 e. The Bertz CT molecular complexity index is 848. The molecule has 2 aromatic carbocycles. The van der Waals surface area contributed by atoms with Gasteiger partial charge in [0.25, 0.3) is 0 Å². The summed E-state index contributed by atoms with van der Waals surface area (Å²) in [4.78, 5) is 11.5. The maximum absolute atomic E-state index is 11.5. The Morgan fingerprint density at radius 3 is 2.40 bits per heavy atom. The predicted octanol–water partition coefficient (Wildman–Crippen LogP) is 5.43. The Morgan fingerprint density at radius 2 is 1.73 bits per heavy atom. The minimum atomic E-state index is -0.416. The molecule has 2 aromatic rings. The zero-order valence-corrected chi connectivity index (χ0v) is 17.9. The number of aliphatic hydroxyl groups is 1. The summed E-state index contributed by atoms with van der Waals surface area (Å²) in [6.07, 6.45) is 7.14. The fraction of sp³-hybridized carbons (Fsp3) is 0.423. The molecule has 4 nitrogen and oxygen atoms in total. The number of hydrogen-bond acceptors (Lipinski definition) is 4. The number of rotatable bonds is 9. The van der Waals surface area contributed by atoms with E-state index in [1.165, 1.54) is 37.7 Å². The molecule has 1 saturated carbocycles. The van der Waals surface area contributed by atoms with E-state index >= 15 is 0 Å². The van der Waals surface area contributed by atoms with Crippen LogP contribution in [0.2, 0.25) is 0 Å². The lowest BCUT2D eigenvalue weighted by atomic mass is 9.83. The Labute approximate surface area is 179 Å². The summed E-state index contributed by atoms with van der Waals surface area (Å²) in [7, 11) is 0. The van der Waals surface area contributed by atoms with Crippen molar-refractivity contribution in [2.75, 3.05) is 19.8 Å². The van der Waals surface area contributed by atoms with Crippen molar-refractivity contribution >= 4 is 5.97 Å². The van der Waals surface area contributed by atoms with E-state index in [1.54, 1.807) is 6.92 Å². The monoisotopic (exact) mass is 408 g/mol. The summed E-state index contributed by atoms with van der Waals surface area (Å²) in [6, 6.07) is 14.9. The molecular formula is C26H32O4. The molecule has 0 aromatic heterocycles. The van der Waals surface area contributed by atoms with Crippen LogP contribution >= 0.6 is 0 Å². The van der Waals surface area contributed by atoms with Crippen LogP contribution < -0.4 is 4.74 Å². The van der Waals surface area contributed by atoms with Crippen LogP contribution in [0, 0.1) is 0 Å². The zero-order chi connectivity index (χ0) is 21.3. The molecule has 1 N–H and O–H groups in total. The Hall–Kier alpha value is -2.59. The number of hydrogen-bond donors (Lipinski definition) is 1. The molecule has 30 heavy (non-hydrogen) atoms. The second kappa shape index (κ2) is 11.0. The largest absolute Gasteiger partial charge is 0.490 e. The molecule has 0 saturated heterocycles. The lowest BCUT2D eigenvalue weighted by Gasteiger charge is -2.22. The molecule has 0 heterocycles. The second-order valence-corrected chi connectivity index (χ2v) is 8.02. The third kappa shape index (κ3) is 5.96. The first-order chi connectivity index (χ1) is 14.6. The number of ether oxygens (including phenoxy) is 2. The minimum absolute atomic E-state index is 0.0520. The Morgan fingerprint density at radius 1 is 1.03 bits per heavy atom.